The van der Waals surface area contributed by atoms with Crippen LogP contribution < -0.4 is 5.32 Å². The van der Waals surface area contributed by atoms with Gasteiger partial charge in [0, 0.05) is 25.4 Å². The van der Waals surface area contributed by atoms with Crippen LogP contribution in [0.15, 0.2) is 12.3 Å². The number of aromatic nitrogens is 2. The molecule has 0 aliphatic carbocycles. The molecule has 2 N–H and O–H groups in total. The minimum Gasteiger partial charge on any atom is -0.394 e. The molecule has 1 aromatic rings. The van der Waals surface area contributed by atoms with Gasteiger partial charge in [-0.1, -0.05) is 0 Å². The summed E-state index contributed by atoms with van der Waals surface area (Å²) in [4.78, 5) is 0. The van der Waals surface area contributed by atoms with Gasteiger partial charge >= 0.3 is 0 Å². The number of hydrogen-bond donors (Lipinski definition) is 2. The van der Waals surface area contributed by atoms with Gasteiger partial charge in [-0.25, -0.2) is 0 Å². The van der Waals surface area contributed by atoms with E-state index in [1.165, 1.54) is 0 Å². The summed E-state index contributed by atoms with van der Waals surface area (Å²) in [5, 5.41) is 16.3. The molecule has 1 aromatic heterocycles. The second-order valence-corrected chi connectivity index (χ2v) is 4.25. The molecule has 1 heterocycles. The molecule has 0 aromatic carbocycles. The summed E-state index contributed by atoms with van der Waals surface area (Å²) >= 11 is 0. The maximum Gasteiger partial charge on any atom is 0.0762 e. The molecule has 0 unspecified atom stereocenters. The smallest absolute Gasteiger partial charge is 0.0762 e. The number of ether oxygens (including phenoxy) is 1. The molecule has 5 heteroatoms. The lowest BCUT2D eigenvalue weighted by molar-refractivity contribution is 0.0907. The SMILES string of the molecule is CC(C)n1ccc(CNCCCOCCO)n1. The summed E-state index contributed by atoms with van der Waals surface area (Å²) in [5.41, 5.74) is 1.06. The summed E-state index contributed by atoms with van der Waals surface area (Å²) < 4.78 is 7.12. The first-order valence-corrected chi connectivity index (χ1v) is 6.17. The first-order chi connectivity index (χ1) is 8.24. The van der Waals surface area contributed by atoms with Gasteiger partial charge < -0.3 is 15.2 Å². The average molecular weight is 241 g/mol. The largest absolute Gasteiger partial charge is 0.394 e. The van der Waals surface area contributed by atoms with Crippen LogP contribution in [0.2, 0.25) is 0 Å². The number of aliphatic hydroxyl groups is 1. The van der Waals surface area contributed by atoms with E-state index >= 15 is 0 Å². The van der Waals surface area contributed by atoms with E-state index in [4.69, 9.17) is 9.84 Å². The van der Waals surface area contributed by atoms with E-state index in [0.29, 0.717) is 19.3 Å². The van der Waals surface area contributed by atoms with Crippen LogP contribution >= 0.6 is 0 Å². The standard InChI is InChI=1S/C12H23N3O2/c1-11(2)15-6-4-12(14-15)10-13-5-3-8-17-9-7-16/h4,6,11,13,16H,3,5,7-10H2,1-2H3. The molecule has 0 aliphatic heterocycles. The molecule has 0 fully saturated rings. The van der Waals surface area contributed by atoms with Crippen LogP contribution in [-0.2, 0) is 11.3 Å². The van der Waals surface area contributed by atoms with Crippen molar-refractivity contribution >= 4 is 0 Å². The summed E-state index contributed by atoms with van der Waals surface area (Å²) in [6, 6.07) is 2.45. The van der Waals surface area contributed by atoms with Gasteiger partial charge in [0.25, 0.3) is 0 Å². The fraction of sp³-hybridized carbons (Fsp3) is 0.750. The Balaban J connectivity index is 2.05. The van der Waals surface area contributed by atoms with Crippen molar-refractivity contribution in [2.45, 2.75) is 32.9 Å². The van der Waals surface area contributed by atoms with Gasteiger partial charge in [-0.05, 0) is 32.9 Å². The Labute approximate surface area is 103 Å². The normalized spacial score (nSPS) is 11.3. The second-order valence-electron chi connectivity index (χ2n) is 4.25. The Morgan fingerprint density at radius 1 is 1.47 bits per heavy atom. The highest BCUT2D eigenvalue weighted by molar-refractivity contribution is 4.98. The van der Waals surface area contributed by atoms with Crippen molar-refractivity contribution in [3.05, 3.63) is 18.0 Å². The first-order valence-electron chi connectivity index (χ1n) is 6.17. The van der Waals surface area contributed by atoms with Crippen molar-refractivity contribution in [2.24, 2.45) is 0 Å². The predicted octanol–water partition coefficient (Wildman–Crippen LogP) is 0.953. The summed E-state index contributed by atoms with van der Waals surface area (Å²) in [7, 11) is 0. The molecule has 0 aliphatic rings. The molecule has 17 heavy (non-hydrogen) atoms. The third-order valence-electron chi connectivity index (χ3n) is 2.38. The quantitative estimate of drug-likeness (QED) is 0.632. The zero-order chi connectivity index (χ0) is 12.5. The van der Waals surface area contributed by atoms with Gasteiger partial charge in [-0.15, -0.1) is 0 Å². The van der Waals surface area contributed by atoms with Crippen LogP contribution in [0.1, 0.15) is 32.0 Å². The molecule has 0 radical (unpaired) electrons. The van der Waals surface area contributed by atoms with E-state index in [-0.39, 0.29) is 6.61 Å². The molecule has 0 amide bonds. The number of aliphatic hydroxyl groups excluding tert-OH is 1. The van der Waals surface area contributed by atoms with Crippen LogP contribution in [0.3, 0.4) is 0 Å². The Morgan fingerprint density at radius 3 is 2.94 bits per heavy atom. The van der Waals surface area contributed by atoms with Crippen LogP contribution in [0.4, 0.5) is 0 Å². The zero-order valence-corrected chi connectivity index (χ0v) is 10.7. The number of nitrogens with one attached hydrogen (secondary N) is 1. The molecule has 0 saturated carbocycles. The van der Waals surface area contributed by atoms with Crippen molar-refractivity contribution in [1.29, 1.82) is 0 Å². The summed E-state index contributed by atoms with van der Waals surface area (Å²) in [5.74, 6) is 0. The van der Waals surface area contributed by atoms with Gasteiger partial charge in [0.05, 0.1) is 18.9 Å². The first kappa shape index (κ1) is 14.2. The topological polar surface area (TPSA) is 59.3 Å². The van der Waals surface area contributed by atoms with Gasteiger partial charge in [0.1, 0.15) is 0 Å². The maximum atomic E-state index is 8.51. The van der Waals surface area contributed by atoms with Gasteiger partial charge in [-0.2, -0.15) is 5.10 Å². The van der Waals surface area contributed by atoms with Crippen LogP contribution in [0.5, 0.6) is 0 Å². The lowest BCUT2D eigenvalue weighted by Crippen LogP contribution is -2.17. The monoisotopic (exact) mass is 241 g/mol. The Morgan fingerprint density at radius 2 is 2.29 bits per heavy atom. The van der Waals surface area contributed by atoms with E-state index in [1.807, 2.05) is 16.9 Å². The lowest BCUT2D eigenvalue weighted by Gasteiger charge is -2.05. The van der Waals surface area contributed by atoms with Crippen LogP contribution in [0, 0.1) is 0 Å². The third kappa shape index (κ3) is 5.81. The average Bonchev–Trinajstić information content (AvgIpc) is 2.77. The van der Waals surface area contributed by atoms with E-state index in [0.717, 1.165) is 25.2 Å². The van der Waals surface area contributed by atoms with E-state index in [1.54, 1.807) is 0 Å². The molecular weight excluding hydrogens is 218 g/mol. The van der Waals surface area contributed by atoms with Gasteiger partial charge in [-0.3, -0.25) is 4.68 Å². The van der Waals surface area contributed by atoms with Crippen LogP contribution in [0.25, 0.3) is 0 Å². The Bertz CT molecular complexity index is 300. The number of hydrogen-bond acceptors (Lipinski definition) is 4. The zero-order valence-electron chi connectivity index (χ0n) is 10.7. The van der Waals surface area contributed by atoms with E-state index < -0.39 is 0 Å². The minimum absolute atomic E-state index is 0.0973. The van der Waals surface area contributed by atoms with Crippen LogP contribution in [-0.4, -0.2) is 41.3 Å². The van der Waals surface area contributed by atoms with E-state index in [9.17, 15) is 0 Å². The van der Waals surface area contributed by atoms with Crippen molar-refractivity contribution < 1.29 is 9.84 Å². The Hall–Kier alpha value is -0.910. The van der Waals surface area contributed by atoms with Gasteiger partial charge in [0.15, 0.2) is 0 Å². The Kier molecular flexibility index (Phi) is 6.84. The molecule has 98 valence electrons. The van der Waals surface area contributed by atoms with Crippen molar-refractivity contribution in [3.8, 4) is 0 Å². The molecule has 0 atom stereocenters. The van der Waals surface area contributed by atoms with Crippen molar-refractivity contribution in [3.63, 3.8) is 0 Å². The highest BCUT2D eigenvalue weighted by atomic mass is 16.5. The lowest BCUT2D eigenvalue weighted by atomic mass is 10.4. The molecule has 5 nitrogen and oxygen atoms in total. The molecule has 0 saturated heterocycles. The van der Waals surface area contributed by atoms with Crippen molar-refractivity contribution in [2.75, 3.05) is 26.4 Å². The third-order valence-corrected chi connectivity index (χ3v) is 2.38. The molecule has 0 spiro atoms. The summed E-state index contributed by atoms with van der Waals surface area (Å²) in [6.07, 6.45) is 2.96. The predicted molar refractivity (Wildman–Crippen MR) is 66.8 cm³/mol. The molecular formula is C12H23N3O2. The number of nitrogens with zero attached hydrogens (tertiary/aromatic N) is 2. The number of rotatable bonds is 9. The highest BCUT2D eigenvalue weighted by Crippen LogP contribution is 2.03. The van der Waals surface area contributed by atoms with Gasteiger partial charge in [0.2, 0.25) is 0 Å². The fourth-order valence-corrected chi connectivity index (χ4v) is 1.44. The van der Waals surface area contributed by atoms with Crippen molar-refractivity contribution in [1.82, 2.24) is 15.1 Å². The second kappa shape index (κ2) is 8.22. The maximum absolute atomic E-state index is 8.51. The molecule has 1 rings (SSSR count). The fourth-order valence-electron chi connectivity index (χ4n) is 1.44. The minimum atomic E-state index is 0.0973. The summed E-state index contributed by atoms with van der Waals surface area (Å²) in [6.45, 7) is 7.14. The molecule has 0 bridgehead atoms. The van der Waals surface area contributed by atoms with E-state index in [2.05, 4.69) is 24.3 Å². The highest BCUT2D eigenvalue weighted by Gasteiger charge is 2.00.